The van der Waals surface area contributed by atoms with Crippen LogP contribution in [0.2, 0.25) is 0 Å². The lowest BCUT2D eigenvalue weighted by atomic mass is 10.1. The third kappa shape index (κ3) is 6.62. The number of anilines is 1. The van der Waals surface area contributed by atoms with Gasteiger partial charge in [-0.2, -0.15) is 0 Å². The van der Waals surface area contributed by atoms with Crippen molar-refractivity contribution in [3.63, 3.8) is 0 Å². The maximum absolute atomic E-state index is 13.3. The first kappa shape index (κ1) is 27.0. The molecule has 1 unspecified atom stereocenters. The van der Waals surface area contributed by atoms with E-state index in [1.807, 2.05) is 62.6 Å². The summed E-state index contributed by atoms with van der Waals surface area (Å²) in [5.41, 5.74) is 1.59. The Labute approximate surface area is 224 Å². The highest BCUT2D eigenvalue weighted by atomic mass is 16.6. The van der Waals surface area contributed by atoms with E-state index in [-0.39, 0.29) is 11.9 Å². The van der Waals surface area contributed by atoms with Crippen molar-refractivity contribution in [2.24, 2.45) is 0 Å². The molecule has 0 spiro atoms. The van der Waals surface area contributed by atoms with Gasteiger partial charge in [0.25, 0.3) is 5.91 Å². The smallest absolute Gasteiger partial charge is 0.407 e. The lowest BCUT2D eigenvalue weighted by molar-refractivity contribution is 0.0499. The van der Waals surface area contributed by atoms with Crippen LogP contribution in [0, 0.1) is 18.8 Å². The zero-order valence-corrected chi connectivity index (χ0v) is 22.8. The number of carbonyl (C=O) groups excluding carboxylic acids is 2. The van der Waals surface area contributed by atoms with E-state index in [1.165, 1.54) is 0 Å². The van der Waals surface area contributed by atoms with E-state index in [0.717, 1.165) is 41.5 Å². The van der Waals surface area contributed by atoms with Crippen LogP contribution in [-0.4, -0.2) is 51.3 Å². The topological polar surface area (TPSA) is 101 Å². The lowest BCUT2D eigenvalue weighted by Crippen LogP contribution is -2.49. The van der Waals surface area contributed by atoms with Crippen LogP contribution in [0.4, 0.5) is 10.7 Å². The Bertz CT molecular complexity index is 1380. The molecule has 1 saturated heterocycles. The quantitative estimate of drug-likeness (QED) is 0.477. The fourth-order valence-electron chi connectivity index (χ4n) is 4.67. The number of piperidine rings is 1. The number of aromatic nitrogens is 3. The van der Waals surface area contributed by atoms with Crippen molar-refractivity contribution < 1.29 is 14.3 Å². The number of rotatable bonds is 6. The number of pyridine rings is 1. The summed E-state index contributed by atoms with van der Waals surface area (Å²) in [4.78, 5) is 37.0. The fourth-order valence-corrected chi connectivity index (χ4v) is 4.67. The van der Waals surface area contributed by atoms with Gasteiger partial charge < -0.3 is 20.3 Å². The molecule has 1 atom stereocenters. The number of ether oxygens (including phenoxy) is 1. The molecule has 9 nitrogen and oxygen atoms in total. The van der Waals surface area contributed by atoms with Crippen molar-refractivity contribution in [1.29, 1.82) is 0 Å². The number of benzene rings is 1. The second-order valence-corrected chi connectivity index (χ2v) is 10.5. The second kappa shape index (κ2) is 11.5. The number of carbonyl (C=O) groups is 2. The van der Waals surface area contributed by atoms with Gasteiger partial charge in [0.2, 0.25) is 5.95 Å². The minimum atomic E-state index is -0.559. The summed E-state index contributed by atoms with van der Waals surface area (Å²) in [7, 11) is 0. The Morgan fingerprint density at radius 2 is 2.03 bits per heavy atom. The number of hydrogen-bond acceptors (Lipinski definition) is 6. The molecule has 2 N–H and O–H groups in total. The van der Waals surface area contributed by atoms with Gasteiger partial charge in [-0.05, 0) is 58.9 Å². The molecule has 0 radical (unpaired) electrons. The first-order valence-corrected chi connectivity index (χ1v) is 13.0. The summed E-state index contributed by atoms with van der Waals surface area (Å²) in [6, 6.07) is 9.98. The Kier molecular flexibility index (Phi) is 8.20. The van der Waals surface area contributed by atoms with E-state index < -0.39 is 11.7 Å². The average Bonchev–Trinajstić information content (AvgIpc) is 3.28. The van der Waals surface area contributed by atoms with Gasteiger partial charge >= 0.3 is 6.09 Å². The van der Waals surface area contributed by atoms with Gasteiger partial charge in [0.1, 0.15) is 11.3 Å². The first-order valence-electron chi connectivity index (χ1n) is 13.0. The Morgan fingerprint density at radius 1 is 1.24 bits per heavy atom. The van der Waals surface area contributed by atoms with Crippen molar-refractivity contribution in [2.45, 2.75) is 72.2 Å². The number of alkyl carbamates (subject to hydrolysis) is 1. The summed E-state index contributed by atoms with van der Waals surface area (Å²) in [6.07, 6.45) is 2.88. The lowest BCUT2D eigenvalue weighted by Gasteiger charge is -2.34. The standard InChI is InChI=1S/C29H36N6O3/c1-6-7-15-35-25(26(36)30-17-24-23-13-9-8-11-21(23)16-20(2)32-24)18-31-27(35)34-14-10-12-22(19-34)33-28(37)38-29(3,4)5/h8-9,11,13,16,18,22H,10,12,14-15,17,19H2,1-5H3,(H,30,36)(H,33,37). The highest BCUT2D eigenvalue weighted by molar-refractivity contribution is 5.93. The normalized spacial score (nSPS) is 15.5. The fraction of sp³-hybridized carbons (Fsp3) is 0.448. The number of nitrogens with zero attached hydrogens (tertiary/aromatic N) is 4. The Hall–Kier alpha value is -4.06. The van der Waals surface area contributed by atoms with Crippen LogP contribution in [0.3, 0.4) is 0 Å². The molecule has 1 aliphatic rings. The number of imidazole rings is 1. The zero-order valence-electron chi connectivity index (χ0n) is 22.8. The third-order valence-electron chi connectivity index (χ3n) is 6.27. The summed E-state index contributed by atoms with van der Waals surface area (Å²) in [5, 5.41) is 8.10. The number of hydrogen-bond donors (Lipinski definition) is 2. The van der Waals surface area contributed by atoms with E-state index >= 15 is 0 Å². The molecule has 4 rings (SSSR count). The summed E-state index contributed by atoms with van der Waals surface area (Å²) in [6.45, 7) is 11.2. The molecule has 0 bridgehead atoms. The molecule has 1 fully saturated rings. The molecule has 3 aromatic rings. The van der Waals surface area contributed by atoms with Gasteiger partial charge in [0, 0.05) is 30.2 Å². The van der Waals surface area contributed by atoms with Gasteiger partial charge in [0.05, 0.1) is 25.0 Å². The van der Waals surface area contributed by atoms with Crippen LogP contribution in [0.1, 0.15) is 62.4 Å². The molecular formula is C29H36N6O3. The van der Waals surface area contributed by atoms with E-state index in [2.05, 4.69) is 37.3 Å². The van der Waals surface area contributed by atoms with Crippen LogP contribution < -0.4 is 15.5 Å². The van der Waals surface area contributed by atoms with Crippen molar-refractivity contribution in [1.82, 2.24) is 25.2 Å². The van der Waals surface area contributed by atoms with E-state index in [1.54, 1.807) is 13.1 Å². The maximum Gasteiger partial charge on any atom is 0.407 e. The molecule has 2 aromatic heterocycles. The van der Waals surface area contributed by atoms with Gasteiger partial charge in [-0.3, -0.25) is 14.3 Å². The molecule has 2 amide bonds. The van der Waals surface area contributed by atoms with Crippen LogP contribution in [0.25, 0.3) is 10.8 Å². The van der Waals surface area contributed by atoms with Gasteiger partial charge in [0.15, 0.2) is 0 Å². The molecule has 38 heavy (non-hydrogen) atoms. The van der Waals surface area contributed by atoms with Gasteiger partial charge in [-0.1, -0.05) is 30.2 Å². The van der Waals surface area contributed by atoms with E-state index in [0.29, 0.717) is 31.3 Å². The minimum absolute atomic E-state index is 0.0843. The van der Waals surface area contributed by atoms with Gasteiger partial charge in [-0.15, -0.1) is 5.92 Å². The first-order chi connectivity index (χ1) is 18.1. The average molecular weight is 517 g/mol. The molecule has 1 aromatic carbocycles. The molecule has 3 heterocycles. The number of fused-ring (bicyclic) bond motifs is 1. The second-order valence-electron chi connectivity index (χ2n) is 10.5. The number of aryl methyl sites for hydroxylation is 1. The largest absolute Gasteiger partial charge is 0.444 e. The minimum Gasteiger partial charge on any atom is -0.444 e. The SMILES string of the molecule is CC#CCn1c(C(=O)NCc2nc(C)cc3ccccc23)cnc1N1CCCC(NC(=O)OC(C)(C)C)C1. The van der Waals surface area contributed by atoms with E-state index in [4.69, 9.17) is 4.74 Å². The van der Waals surface area contributed by atoms with Crippen molar-refractivity contribution in [3.8, 4) is 11.8 Å². The van der Waals surface area contributed by atoms with Crippen molar-refractivity contribution in [3.05, 3.63) is 53.6 Å². The van der Waals surface area contributed by atoms with Crippen LogP contribution in [0.5, 0.6) is 0 Å². The van der Waals surface area contributed by atoms with Crippen LogP contribution in [-0.2, 0) is 17.8 Å². The summed E-state index contributed by atoms with van der Waals surface area (Å²) >= 11 is 0. The molecule has 1 aliphatic heterocycles. The van der Waals surface area contributed by atoms with Gasteiger partial charge in [-0.25, -0.2) is 9.78 Å². The van der Waals surface area contributed by atoms with E-state index in [9.17, 15) is 9.59 Å². The van der Waals surface area contributed by atoms with Crippen molar-refractivity contribution >= 4 is 28.7 Å². The zero-order chi connectivity index (χ0) is 27.3. The van der Waals surface area contributed by atoms with Crippen molar-refractivity contribution in [2.75, 3.05) is 18.0 Å². The Morgan fingerprint density at radius 3 is 2.79 bits per heavy atom. The Balaban J connectivity index is 1.50. The highest BCUT2D eigenvalue weighted by Crippen LogP contribution is 2.22. The maximum atomic E-state index is 13.3. The molecule has 200 valence electrons. The van der Waals surface area contributed by atoms with Crippen LogP contribution >= 0.6 is 0 Å². The molecule has 0 aliphatic carbocycles. The number of amides is 2. The molecule has 0 saturated carbocycles. The third-order valence-corrected chi connectivity index (χ3v) is 6.27. The molecular weight excluding hydrogens is 480 g/mol. The summed E-state index contributed by atoms with van der Waals surface area (Å²) in [5.74, 6) is 6.39. The predicted octanol–water partition coefficient (Wildman–Crippen LogP) is 4.19. The number of nitrogens with one attached hydrogen (secondary N) is 2. The summed E-state index contributed by atoms with van der Waals surface area (Å²) < 4.78 is 7.26. The van der Waals surface area contributed by atoms with Crippen LogP contribution in [0.15, 0.2) is 36.5 Å². The predicted molar refractivity (Wildman–Crippen MR) is 148 cm³/mol. The highest BCUT2D eigenvalue weighted by Gasteiger charge is 2.28. The molecule has 9 heteroatoms. The monoisotopic (exact) mass is 516 g/mol.